The van der Waals surface area contributed by atoms with Gasteiger partial charge in [0.05, 0.1) is 0 Å². The van der Waals surface area contributed by atoms with Crippen LogP contribution in [0.25, 0.3) is 0 Å². The van der Waals surface area contributed by atoms with E-state index in [0.717, 1.165) is 11.1 Å². The first-order chi connectivity index (χ1) is 12.1. The van der Waals surface area contributed by atoms with Crippen molar-refractivity contribution in [1.82, 2.24) is 0 Å². The monoisotopic (exact) mass is 352 g/mol. The summed E-state index contributed by atoms with van der Waals surface area (Å²) < 4.78 is 11.3. The standard InChI is InChI=1S/C21H17ClO3/c1-15-6-2-4-8-19(15)25-21(23)18-7-3-5-9-20(18)24-14-16-10-12-17(22)13-11-16/h2-13H,14H2,1H3. The van der Waals surface area contributed by atoms with Crippen molar-refractivity contribution in [2.24, 2.45) is 0 Å². The minimum Gasteiger partial charge on any atom is -0.488 e. The summed E-state index contributed by atoms with van der Waals surface area (Å²) in [6.45, 7) is 2.23. The zero-order valence-electron chi connectivity index (χ0n) is 13.7. The Morgan fingerprint density at radius 2 is 1.52 bits per heavy atom. The van der Waals surface area contributed by atoms with E-state index >= 15 is 0 Å². The number of ether oxygens (including phenoxy) is 2. The third-order valence-electron chi connectivity index (χ3n) is 3.71. The molecule has 25 heavy (non-hydrogen) atoms. The molecule has 3 aromatic rings. The highest BCUT2D eigenvalue weighted by Crippen LogP contribution is 2.23. The van der Waals surface area contributed by atoms with Crippen LogP contribution < -0.4 is 9.47 Å². The lowest BCUT2D eigenvalue weighted by atomic mass is 10.2. The van der Waals surface area contributed by atoms with Gasteiger partial charge in [0.25, 0.3) is 0 Å². The van der Waals surface area contributed by atoms with Crippen LogP contribution in [0.15, 0.2) is 72.8 Å². The number of carbonyl (C=O) groups is 1. The molecule has 0 saturated carbocycles. The molecule has 0 fully saturated rings. The van der Waals surface area contributed by atoms with Crippen LogP contribution in [0.5, 0.6) is 11.5 Å². The fourth-order valence-electron chi connectivity index (χ4n) is 2.33. The molecule has 0 N–H and O–H groups in total. The van der Waals surface area contributed by atoms with Gasteiger partial charge < -0.3 is 9.47 Å². The van der Waals surface area contributed by atoms with Crippen LogP contribution >= 0.6 is 11.6 Å². The number of hydrogen-bond donors (Lipinski definition) is 0. The lowest BCUT2D eigenvalue weighted by Crippen LogP contribution is -2.11. The van der Waals surface area contributed by atoms with Gasteiger partial charge in [-0.25, -0.2) is 4.79 Å². The van der Waals surface area contributed by atoms with Gasteiger partial charge in [0, 0.05) is 5.02 Å². The van der Waals surface area contributed by atoms with Crippen LogP contribution in [-0.4, -0.2) is 5.97 Å². The maximum absolute atomic E-state index is 12.5. The Hall–Kier alpha value is -2.78. The molecule has 0 aliphatic carbocycles. The lowest BCUT2D eigenvalue weighted by Gasteiger charge is -2.12. The Labute approximate surface area is 151 Å². The number of halogens is 1. The van der Waals surface area contributed by atoms with E-state index in [4.69, 9.17) is 21.1 Å². The molecule has 3 aromatic carbocycles. The highest BCUT2D eigenvalue weighted by molar-refractivity contribution is 6.30. The van der Waals surface area contributed by atoms with Crippen LogP contribution in [-0.2, 0) is 6.61 Å². The van der Waals surface area contributed by atoms with Crippen molar-refractivity contribution >= 4 is 17.6 Å². The Morgan fingerprint density at radius 3 is 2.24 bits per heavy atom. The number of para-hydroxylation sites is 2. The minimum atomic E-state index is -0.444. The molecular weight excluding hydrogens is 336 g/mol. The highest BCUT2D eigenvalue weighted by Gasteiger charge is 2.15. The summed E-state index contributed by atoms with van der Waals surface area (Å²) in [7, 11) is 0. The molecule has 0 amide bonds. The third-order valence-corrected chi connectivity index (χ3v) is 3.96. The van der Waals surface area contributed by atoms with E-state index in [0.29, 0.717) is 28.7 Å². The van der Waals surface area contributed by atoms with Gasteiger partial charge in [0.2, 0.25) is 0 Å². The van der Waals surface area contributed by atoms with Gasteiger partial charge in [0.15, 0.2) is 0 Å². The Kier molecular flexibility index (Phi) is 5.36. The third kappa shape index (κ3) is 4.40. The maximum atomic E-state index is 12.5. The van der Waals surface area contributed by atoms with Crippen molar-refractivity contribution < 1.29 is 14.3 Å². The first kappa shape index (κ1) is 17.1. The summed E-state index contributed by atoms with van der Waals surface area (Å²) in [5, 5.41) is 0.672. The van der Waals surface area contributed by atoms with Gasteiger partial charge in [-0.3, -0.25) is 0 Å². The number of esters is 1. The van der Waals surface area contributed by atoms with Crippen LogP contribution in [0.4, 0.5) is 0 Å². The van der Waals surface area contributed by atoms with E-state index in [9.17, 15) is 4.79 Å². The van der Waals surface area contributed by atoms with Crippen molar-refractivity contribution in [2.45, 2.75) is 13.5 Å². The number of hydrogen-bond acceptors (Lipinski definition) is 3. The van der Waals surface area contributed by atoms with Crippen molar-refractivity contribution in [3.63, 3.8) is 0 Å². The molecule has 4 heteroatoms. The molecule has 0 radical (unpaired) electrons. The van der Waals surface area contributed by atoms with Gasteiger partial charge in [-0.05, 0) is 48.4 Å². The summed E-state index contributed by atoms with van der Waals surface area (Å²) in [6.07, 6.45) is 0. The van der Waals surface area contributed by atoms with Crippen LogP contribution in [0.3, 0.4) is 0 Å². The van der Waals surface area contributed by atoms with E-state index in [1.165, 1.54) is 0 Å². The minimum absolute atomic E-state index is 0.339. The summed E-state index contributed by atoms with van der Waals surface area (Å²) in [4.78, 5) is 12.5. The molecule has 0 unspecified atom stereocenters. The number of benzene rings is 3. The summed E-state index contributed by atoms with van der Waals surface area (Å²) in [5.74, 6) is 0.581. The number of rotatable bonds is 5. The zero-order valence-corrected chi connectivity index (χ0v) is 14.5. The smallest absolute Gasteiger partial charge is 0.347 e. The largest absolute Gasteiger partial charge is 0.488 e. The molecule has 0 aromatic heterocycles. The average molecular weight is 353 g/mol. The molecule has 0 aliphatic heterocycles. The van der Waals surface area contributed by atoms with E-state index < -0.39 is 5.97 Å². The number of carbonyl (C=O) groups excluding carboxylic acids is 1. The molecule has 0 bridgehead atoms. The van der Waals surface area contributed by atoms with E-state index in [2.05, 4.69) is 0 Å². The molecule has 3 rings (SSSR count). The van der Waals surface area contributed by atoms with E-state index in [1.807, 2.05) is 43.3 Å². The fourth-order valence-corrected chi connectivity index (χ4v) is 2.45. The predicted molar refractivity (Wildman–Crippen MR) is 98.4 cm³/mol. The van der Waals surface area contributed by atoms with Crippen molar-refractivity contribution in [1.29, 1.82) is 0 Å². The van der Waals surface area contributed by atoms with E-state index in [1.54, 1.807) is 36.4 Å². The normalized spacial score (nSPS) is 10.3. The quantitative estimate of drug-likeness (QED) is 0.452. The molecule has 0 aliphatic rings. The molecule has 0 saturated heterocycles. The van der Waals surface area contributed by atoms with Crippen molar-refractivity contribution in [2.75, 3.05) is 0 Å². The topological polar surface area (TPSA) is 35.5 Å². The maximum Gasteiger partial charge on any atom is 0.347 e. The molecule has 0 heterocycles. The number of aryl methyl sites for hydroxylation is 1. The SMILES string of the molecule is Cc1ccccc1OC(=O)c1ccccc1OCc1ccc(Cl)cc1. The summed E-state index contributed by atoms with van der Waals surface area (Å²) >= 11 is 5.88. The Bertz CT molecular complexity index is 872. The second kappa shape index (κ2) is 7.86. The molecule has 126 valence electrons. The van der Waals surface area contributed by atoms with Gasteiger partial charge >= 0.3 is 5.97 Å². The first-order valence-corrected chi connectivity index (χ1v) is 8.25. The molecule has 0 atom stereocenters. The zero-order chi connectivity index (χ0) is 17.6. The fraction of sp³-hybridized carbons (Fsp3) is 0.0952. The lowest BCUT2D eigenvalue weighted by molar-refractivity contribution is 0.0728. The van der Waals surface area contributed by atoms with Gasteiger partial charge in [-0.2, -0.15) is 0 Å². The van der Waals surface area contributed by atoms with E-state index in [-0.39, 0.29) is 0 Å². The molecular formula is C21H17ClO3. The van der Waals surface area contributed by atoms with Crippen molar-refractivity contribution in [3.05, 3.63) is 94.5 Å². The van der Waals surface area contributed by atoms with Gasteiger partial charge in [-0.1, -0.05) is 54.1 Å². The van der Waals surface area contributed by atoms with Crippen LogP contribution in [0, 0.1) is 6.92 Å². The Balaban J connectivity index is 1.75. The molecule has 3 nitrogen and oxygen atoms in total. The van der Waals surface area contributed by atoms with Crippen LogP contribution in [0.2, 0.25) is 5.02 Å². The Morgan fingerprint density at radius 1 is 0.880 bits per heavy atom. The summed E-state index contributed by atoms with van der Waals surface area (Å²) in [6, 6.07) is 21.8. The van der Waals surface area contributed by atoms with Crippen LogP contribution in [0.1, 0.15) is 21.5 Å². The molecule has 0 spiro atoms. The second-order valence-electron chi connectivity index (χ2n) is 5.57. The second-order valence-corrected chi connectivity index (χ2v) is 6.00. The highest BCUT2D eigenvalue weighted by atomic mass is 35.5. The predicted octanol–water partition coefficient (Wildman–Crippen LogP) is 5.45. The van der Waals surface area contributed by atoms with Gasteiger partial charge in [0.1, 0.15) is 23.7 Å². The average Bonchev–Trinajstić information content (AvgIpc) is 2.63. The van der Waals surface area contributed by atoms with Gasteiger partial charge in [-0.15, -0.1) is 0 Å². The summed E-state index contributed by atoms with van der Waals surface area (Å²) in [5.41, 5.74) is 2.25. The first-order valence-electron chi connectivity index (χ1n) is 7.87. The van der Waals surface area contributed by atoms with Crippen molar-refractivity contribution in [3.8, 4) is 11.5 Å².